The van der Waals surface area contributed by atoms with Gasteiger partial charge in [-0.3, -0.25) is 13.9 Å². The molecule has 2 atom stereocenters. The van der Waals surface area contributed by atoms with Gasteiger partial charge in [0.05, 0.1) is 11.9 Å². The van der Waals surface area contributed by atoms with Gasteiger partial charge in [0, 0.05) is 12.6 Å². The normalized spacial score (nSPS) is 12.7. The van der Waals surface area contributed by atoms with Crippen LogP contribution in [0.5, 0.6) is 11.5 Å². The Bertz CT molecular complexity index is 1360. The topological polar surface area (TPSA) is 96.0 Å². The average Bonchev–Trinajstić information content (AvgIpc) is 2.90. The van der Waals surface area contributed by atoms with Crippen LogP contribution < -0.4 is 14.4 Å². The van der Waals surface area contributed by atoms with Crippen LogP contribution in [0.4, 0.5) is 5.69 Å². The summed E-state index contributed by atoms with van der Waals surface area (Å²) in [4.78, 5) is 28.1. The van der Waals surface area contributed by atoms with Crippen molar-refractivity contribution in [2.24, 2.45) is 0 Å². The van der Waals surface area contributed by atoms with E-state index in [-0.39, 0.29) is 18.5 Å². The molecule has 0 unspecified atom stereocenters. The summed E-state index contributed by atoms with van der Waals surface area (Å²) in [5, 5.41) is 2.92. The molecule has 208 valence electrons. The zero-order valence-corrected chi connectivity index (χ0v) is 23.9. The number of rotatable bonds is 12. The van der Waals surface area contributed by atoms with Crippen molar-refractivity contribution in [1.29, 1.82) is 0 Å². The number of sulfonamides is 1. The van der Waals surface area contributed by atoms with Gasteiger partial charge in [0.2, 0.25) is 21.8 Å². The number of anilines is 1. The van der Waals surface area contributed by atoms with E-state index in [0.29, 0.717) is 17.2 Å². The van der Waals surface area contributed by atoms with Crippen LogP contribution in [0.15, 0.2) is 78.9 Å². The Morgan fingerprint density at radius 2 is 1.56 bits per heavy atom. The Balaban J connectivity index is 1.86. The van der Waals surface area contributed by atoms with Crippen LogP contribution in [0.3, 0.4) is 0 Å². The van der Waals surface area contributed by atoms with Crippen molar-refractivity contribution < 1.29 is 22.7 Å². The highest BCUT2D eigenvalue weighted by molar-refractivity contribution is 7.92. The van der Waals surface area contributed by atoms with Crippen molar-refractivity contribution in [2.45, 2.75) is 52.7 Å². The molecule has 8 nitrogen and oxygen atoms in total. The van der Waals surface area contributed by atoms with Crippen molar-refractivity contribution >= 4 is 27.5 Å². The van der Waals surface area contributed by atoms with E-state index in [4.69, 9.17) is 4.74 Å². The summed E-state index contributed by atoms with van der Waals surface area (Å²) in [5.74, 6) is 0.398. The summed E-state index contributed by atoms with van der Waals surface area (Å²) in [6.45, 7) is 7.18. The molecule has 9 heteroatoms. The second-order valence-electron chi connectivity index (χ2n) is 9.68. The molecule has 0 radical (unpaired) electrons. The largest absolute Gasteiger partial charge is 0.457 e. The molecule has 3 rings (SSSR count). The Morgan fingerprint density at radius 3 is 2.15 bits per heavy atom. The molecule has 0 spiro atoms. The number of amides is 2. The van der Waals surface area contributed by atoms with Gasteiger partial charge in [-0.2, -0.15) is 0 Å². The van der Waals surface area contributed by atoms with E-state index in [0.717, 1.165) is 28.1 Å². The van der Waals surface area contributed by atoms with Gasteiger partial charge in [-0.05, 0) is 69.2 Å². The second kappa shape index (κ2) is 13.3. The highest BCUT2D eigenvalue weighted by Gasteiger charge is 2.30. The van der Waals surface area contributed by atoms with Gasteiger partial charge in [0.25, 0.3) is 0 Å². The minimum absolute atomic E-state index is 0.0555. The number of nitrogens with one attached hydrogen (secondary N) is 1. The number of ether oxygens (including phenoxy) is 1. The molecule has 0 bridgehead atoms. The maximum atomic E-state index is 13.7. The fourth-order valence-electron chi connectivity index (χ4n) is 3.97. The number of para-hydroxylation sites is 1. The number of nitrogens with zero attached hydrogens (tertiary/aromatic N) is 2. The maximum Gasteiger partial charge on any atom is 0.244 e. The Morgan fingerprint density at radius 1 is 0.923 bits per heavy atom. The number of benzene rings is 3. The first-order valence-electron chi connectivity index (χ1n) is 12.9. The SMILES string of the molecule is CC[C@H](C)NC(=O)[C@H](C)N(Cc1cccc(C)c1)C(=O)CN(c1ccc(Oc2ccccc2)cc1)S(C)(=O)=O. The second-order valence-corrected chi connectivity index (χ2v) is 11.6. The van der Waals surface area contributed by atoms with Crippen LogP contribution in [0.25, 0.3) is 0 Å². The molecule has 39 heavy (non-hydrogen) atoms. The molecule has 0 aliphatic rings. The van der Waals surface area contributed by atoms with Crippen molar-refractivity contribution in [3.63, 3.8) is 0 Å². The lowest BCUT2D eigenvalue weighted by atomic mass is 10.1. The number of aryl methyl sites for hydroxylation is 1. The first-order chi connectivity index (χ1) is 18.5. The molecular weight excluding hydrogens is 514 g/mol. The number of carbonyl (C=O) groups excluding carboxylic acids is 2. The minimum atomic E-state index is -3.82. The molecule has 3 aromatic rings. The zero-order valence-electron chi connectivity index (χ0n) is 23.1. The summed E-state index contributed by atoms with van der Waals surface area (Å²) < 4.78 is 32.5. The predicted molar refractivity (Wildman–Crippen MR) is 154 cm³/mol. The summed E-state index contributed by atoms with van der Waals surface area (Å²) in [6.07, 6.45) is 1.80. The standard InChI is InChI=1S/C30H37N3O5S/c1-6-23(3)31-30(35)24(4)32(20-25-12-10-11-22(2)19-25)29(34)21-33(39(5,36)37)26-15-17-28(18-16-26)38-27-13-8-7-9-14-27/h7-19,23-24H,6,20-21H2,1-5H3,(H,31,35)/t23-,24-/m0/s1. The average molecular weight is 552 g/mol. The molecule has 0 saturated carbocycles. The molecule has 2 amide bonds. The van der Waals surface area contributed by atoms with E-state index in [1.807, 2.05) is 75.4 Å². The lowest BCUT2D eigenvalue weighted by Crippen LogP contribution is -2.52. The smallest absolute Gasteiger partial charge is 0.244 e. The van der Waals surface area contributed by atoms with Crippen LogP contribution in [0, 0.1) is 6.92 Å². The summed E-state index contributed by atoms with van der Waals surface area (Å²) in [7, 11) is -3.82. The highest BCUT2D eigenvalue weighted by Crippen LogP contribution is 2.26. The monoisotopic (exact) mass is 551 g/mol. The molecule has 0 aliphatic carbocycles. The fraction of sp³-hybridized carbons (Fsp3) is 0.333. The molecule has 0 aliphatic heterocycles. The highest BCUT2D eigenvalue weighted by atomic mass is 32.2. The maximum absolute atomic E-state index is 13.7. The lowest BCUT2D eigenvalue weighted by molar-refractivity contribution is -0.139. The van der Waals surface area contributed by atoms with Crippen LogP contribution in [0.2, 0.25) is 0 Å². The van der Waals surface area contributed by atoms with Gasteiger partial charge in [-0.15, -0.1) is 0 Å². The summed E-state index contributed by atoms with van der Waals surface area (Å²) in [6, 6.07) is 22.5. The molecule has 0 aromatic heterocycles. The van der Waals surface area contributed by atoms with Gasteiger partial charge in [-0.1, -0.05) is 55.0 Å². The molecular formula is C30H37N3O5S. The minimum Gasteiger partial charge on any atom is -0.457 e. The quantitative estimate of drug-likeness (QED) is 0.346. The van der Waals surface area contributed by atoms with Gasteiger partial charge in [0.1, 0.15) is 24.1 Å². The lowest BCUT2D eigenvalue weighted by Gasteiger charge is -2.32. The third kappa shape index (κ3) is 8.58. The van der Waals surface area contributed by atoms with E-state index >= 15 is 0 Å². The van der Waals surface area contributed by atoms with Crippen molar-refractivity contribution in [2.75, 3.05) is 17.1 Å². The third-order valence-corrected chi connectivity index (χ3v) is 7.53. The van der Waals surface area contributed by atoms with Gasteiger partial charge in [-0.25, -0.2) is 8.42 Å². The van der Waals surface area contributed by atoms with Crippen molar-refractivity contribution in [3.8, 4) is 11.5 Å². The number of carbonyl (C=O) groups is 2. The van der Waals surface area contributed by atoms with E-state index in [9.17, 15) is 18.0 Å². The Kier molecular flexibility index (Phi) is 10.1. The van der Waals surface area contributed by atoms with Gasteiger partial charge in [0.15, 0.2) is 0 Å². The first-order valence-corrected chi connectivity index (χ1v) is 14.8. The summed E-state index contributed by atoms with van der Waals surface area (Å²) in [5.41, 5.74) is 2.19. The molecule has 0 heterocycles. The van der Waals surface area contributed by atoms with Crippen molar-refractivity contribution in [1.82, 2.24) is 10.2 Å². The van der Waals surface area contributed by atoms with Crippen LogP contribution >= 0.6 is 0 Å². The Labute approximate surface area is 231 Å². The van der Waals surface area contributed by atoms with Gasteiger partial charge < -0.3 is 15.0 Å². The van der Waals surface area contributed by atoms with Gasteiger partial charge >= 0.3 is 0 Å². The molecule has 3 aromatic carbocycles. The van der Waals surface area contributed by atoms with E-state index in [2.05, 4.69) is 5.32 Å². The number of hydrogen-bond donors (Lipinski definition) is 1. The van der Waals surface area contributed by atoms with E-state index < -0.39 is 28.5 Å². The zero-order chi connectivity index (χ0) is 28.6. The predicted octanol–water partition coefficient (Wildman–Crippen LogP) is 4.89. The third-order valence-electron chi connectivity index (χ3n) is 6.39. The van der Waals surface area contributed by atoms with E-state index in [1.165, 1.54) is 4.90 Å². The van der Waals surface area contributed by atoms with Crippen LogP contribution in [-0.4, -0.2) is 50.0 Å². The molecule has 0 fully saturated rings. The molecule has 0 saturated heterocycles. The van der Waals surface area contributed by atoms with E-state index in [1.54, 1.807) is 31.2 Å². The van der Waals surface area contributed by atoms with Crippen LogP contribution in [0.1, 0.15) is 38.3 Å². The van der Waals surface area contributed by atoms with Crippen molar-refractivity contribution in [3.05, 3.63) is 90.0 Å². The first kappa shape index (κ1) is 29.7. The Hall–Kier alpha value is -3.85. The fourth-order valence-corrected chi connectivity index (χ4v) is 4.82. The molecule has 1 N–H and O–H groups in total. The summed E-state index contributed by atoms with van der Waals surface area (Å²) >= 11 is 0. The number of hydrogen-bond acceptors (Lipinski definition) is 5. The van der Waals surface area contributed by atoms with Crippen LogP contribution in [-0.2, 0) is 26.2 Å².